The molecule has 0 atom stereocenters. The lowest BCUT2D eigenvalue weighted by Crippen LogP contribution is -2.07. The van der Waals surface area contributed by atoms with E-state index in [2.05, 4.69) is 74.5 Å². The Balaban J connectivity index is 1.86. The van der Waals surface area contributed by atoms with Crippen molar-refractivity contribution in [2.75, 3.05) is 0 Å². The van der Waals surface area contributed by atoms with E-state index in [4.69, 9.17) is 0 Å². The van der Waals surface area contributed by atoms with E-state index in [1.165, 1.54) is 69.8 Å². The number of aryl methyl sites for hydroxylation is 3. The molecule has 0 radical (unpaired) electrons. The van der Waals surface area contributed by atoms with Gasteiger partial charge >= 0.3 is 0 Å². The summed E-state index contributed by atoms with van der Waals surface area (Å²) in [5.41, 5.74) is 11.6. The zero-order valence-electron chi connectivity index (χ0n) is 15.6. The lowest BCUT2D eigenvalue weighted by molar-refractivity contribution is 0.831. The van der Waals surface area contributed by atoms with E-state index in [0.717, 1.165) is 0 Å². The van der Waals surface area contributed by atoms with Gasteiger partial charge in [0, 0.05) is 0 Å². The van der Waals surface area contributed by atoms with Crippen LogP contribution >= 0.6 is 0 Å². The molecule has 0 spiro atoms. The second kappa shape index (κ2) is 5.99. The predicted molar refractivity (Wildman–Crippen MR) is 112 cm³/mol. The summed E-state index contributed by atoms with van der Waals surface area (Å²) in [6, 6.07) is 18.2. The van der Waals surface area contributed by atoms with E-state index in [1.807, 2.05) is 0 Å². The van der Waals surface area contributed by atoms with Gasteiger partial charge in [-0.2, -0.15) is 0 Å². The molecular formula is C26H24. The Morgan fingerprint density at radius 1 is 0.769 bits per heavy atom. The average Bonchev–Trinajstić information content (AvgIpc) is 2.67. The summed E-state index contributed by atoms with van der Waals surface area (Å²) in [6.45, 7) is 4.44. The number of hydrogen-bond donors (Lipinski definition) is 0. The van der Waals surface area contributed by atoms with Crippen LogP contribution in [0.25, 0.3) is 27.5 Å². The van der Waals surface area contributed by atoms with Crippen LogP contribution in [0.3, 0.4) is 0 Å². The number of benzene rings is 3. The summed E-state index contributed by atoms with van der Waals surface area (Å²) in [7, 11) is 0. The molecule has 0 unspecified atom stereocenters. The van der Waals surface area contributed by atoms with Crippen LogP contribution in [0.1, 0.15) is 41.5 Å². The molecule has 26 heavy (non-hydrogen) atoms. The van der Waals surface area contributed by atoms with Crippen LogP contribution in [-0.4, -0.2) is 0 Å². The van der Waals surface area contributed by atoms with Gasteiger partial charge in [-0.1, -0.05) is 66.3 Å². The smallest absolute Gasteiger partial charge is 0.00667 e. The molecule has 0 heteroatoms. The Kier molecular flexibility index (Phi) is 3.60. The molecule has 0 aromatic heterocycles. The molecule has 0 aliphatic heterocycles. The lowest BCUT2D eigenvalue weighted by Gasteiger charge is -2.26. The molecule has 0 amide bonds. The van der Waals surface area contributed by atoms with Crippen molar-refractivity contribution in [3.05, 3.63) is 88.5 Å². The van der Waals surface area contributed by atoms with Crippen molar-refractivity contribution in [1.82, 2.24) is 0 Å². The second-order valence-electron chi connectivity index (χ2n) is 7.78. The van der Waals surface area contributed by atoms with Crippen LogP contribution in [0, 0.1) is 13.8 Å². The molecule has 5 rings (SSSR count). The van der Waals surface area contributed by atoms with E-state index in [0.29, 0.717) is 0 Å². The van der Waals surface area contributed by atoms with Gasteiger partial charge in [0.05, 0.1) is 0 Å². The predicted octanol–water partition coefficient (Wildman–Crippen LogP) is 7.17. The van der Waals surface area contributed by atoms with E-state index in [9.17, 15) is 0 Å². The monoisotopic (exact) mass is 336 g/mol. The first-order valence-corrected chi connectivity index (χ1v) is 9.73. The third-order valence-electron chi connectivity index (χ3n) is 6.05. The van der Waals surface area contributed by atoms with E-state index in [-0.39, 0.29) is 0 Å². The topological polar surface area (TPSA) is 0 Å². The largest absolute Gasteiger partial charge is 0.0836 e. The van der Waals surface area contributed by atoms with Crippen molar-refractivity contribution in [1.29, 1.82) is 0 Å². The van der Waals surface area contributed by atoms with Crippen LogP contribution in [0.4, 0.5) is 0 Å². The fourth-order valence-corrected chi connectivity index (χ4v) is 4.82. The molecule has 0 heterocycles. The Hall–Kier alpha value is -2.60. The maximum atomic E-state index is 2.38. The van der Waals surface area contributed by atoms with Crippen molar-refractivity contribution >= 4 is 16.3 Å². The highest BCUT2D eigenvalue weighted by Gasteiger charge is 2.22. The van der Waals surface area contributed by atoms with Crippen LogP contribution in [0.15, 0.2) is 66.3 Å². The number of allylic oxidation sites excluding steroid dienone is 4. The first-order valence-electron chi connectivity index (χ1n) is 9.73. The minimum Gasteiger partial charge on any atom is -0.0836 e. The second-order valence-corrected chi connectivity index (χ2v) is 7.78. The van der Waals surface area contributed by atoms with Crippen LogP contribution in [0.5, 0.6) is 0 Å². The van der Waals surface area contributed by atoms with Gasteiger partial charge in [0.15, 0.2) is 0 Å². The molecule has 2 aliphatic carbocycles. The van der Waals surface area contributed by atoms with Crippen molar-refractivity contribution in [3.8, 4) is 11.1 Å². The molecule has 0 saturated carbocycles. The molecule has 0 saturated heterocycles. The molecular weight excluding hydrogens is 312 g/mol. The van der Waals surface area contributed by atoms with Crippen LogP contribution < -0.4 is 0 Å². The van der Waals surface area contributed by atoms with Gasteiger partial charge < -0.3 is 0 Å². The van der Waals surface area contributed by atoms with E-state index in [1.54, 1.807) is 11.1 Å². The van der Waals surface area contributed by atoms with Gasteiger partial charge in [0.1, 0.15) is 0 Å². The minimum absolute atomic E-state index is 1.17. The Morgan fingerprint density at radius 3 is 2.54 bits per heavy atom. The molecule has 2 aliphatic rings. The fourth-order valence-electron chi connectivity index (χ4n) is 4.82. The summed E-state index contributed by atoms with van der Waals surface area (Å²) >= 11 is 0. The summed E-state index contributed by atoms with van der Waals surface area (Å²) in [4.78, 5) is 0. The molecule has 0 bridgehead atoms. The highest BCUT2D eigenvalue weighted by molar-refractivity contribution is 6.03. The summed E-state index contributed by atoms with van der Waals surface area (Å²) in [5.74, 6) is 0. The third kappa shape index (κ3) is 2.36. The lowest BCUT2D eigenvalue weighted by atomic mass is 9.78. The molecule has 0 fully saturated rings. The number of fused-ring (bicyclic) bond motifs is 4. The highest BCUT2D eigenvalue weighted by Crippen LogP contribution is 2.43. The van der Waals surface area contributed by atoms with Crippen LogP contribution in [-0.2, 0) is 6.42 Å². The molecule has 0 N–H and O–H groups in total. The summed E-state index contributed by atoms with van der Waals surface area (Å²) in [6.07, 6.45) is 9.53. The number of hydrogen-bond acceptors (Lipinski definition) is 0. The van der Waals surface area contributed by atoms with Crippen molar-refractivity contribution in [2.45, 2.75) is 39.5 Å². The molecule has 3 aromatic rings. The molecule has 3 aromatic carbocycles. The fraction of sp³-hybridized carbons (Fsp3) is 0.231. The van der Waals surface area contributed by atoms with Crippen molar-refractivity contribution in [3.63, 3.8) is 0 Å². The molecule has 0 nitrogen and oxygen atoms in total. The van der Waals surface area contributed by atoms with Gasteiger partial charge in [-0.25, -0.2) is 0 Å². The normalized spacial score (nSPS) is 15.9. The van der Waals surface area contributed by atoms with Gasteiger partial charge in [0.2, 0.25) is 0 Å². The third-order valence-corrected chi connectivity index (χ3v) is 6.05. The quantitative estimate of drug-likeness (QED) is 0.442. The van der Waals surface area contributed by atoms with Gasteiger partial charge in [-0.15, -0.1) is 0 Å². The van der Waals surface area contributed by atoms with Gasteiger partial charge in [-0.3, -0.25) is 0 Å². The maximum Gasteiger partial charge on any atom is -0.00667 e. The standard InChI is InChI=1S/C26H24/c1-17-15-20-12-13-23-22-10-6-4-8-19(22)11-14-24(23)26(20)25(16-17)21-9-5-3-7-18(21)2/h3,5-7,9-10,12-13,15-16H,4,8,11,14H2,1-2H3. The SMILES string of the molecule is Cc1cc(-c2ccccc2C)c2c3c(ccc2c1)C1=C(CCC=C1)CC3. The zero-order chi connectivity index (χ0) is 17.7. The summed E-state index contributed by atoms with van der Waals surface area (Å²) < 4.78 is 0. The van der Waals surface area contributed by atoms with Crippen molar-refractivity contribution < 1.29 is 0 Å². The van der Waals surface area contributed by atoms with E-state index < -0.39 is 0 Å². The zero-order valence-corrected chi connectivity index (χ0v) is 15.6. The Labute approximate surface area is 155 Å². The van der Waals surface area contributed by atoms with Gasteiger partial charge in [-0.05, 0) is 89.3 Å². The number of rotatable bonds is 1. The van der Waals surface area contributed by atoms with Crippen molar-refractivity contribution in [2.24, 2.45) is 0 Å². The van der Waals surface area contributed by atoms with E-state index >= 15 is 0 Å². The minimum atomic E-state index is 1.17. The van der Waals surface area contributed by atoms with Crippen LogP contribution in [0.2, 0.25) is 0 Å². The first-order chi connectivity index (χ1) is 12.7. The average molecular weight is 336 g/mol. The Morgan fingerprint density at radius 2 is 1.65 bits per heavy atom. The highest BCUT2D eigenvalue weighted by atomic mass is 14.3. The maximum absolute atomic E-state index is 2.38. The summed E-state index contributed by atoms with van der Waals surface area (Å²) in [5, 5.41) is 2.85. The first kappa shape index (κ1) is 15.6. The Bertz CT molecular complexity index is 1090. The van der Waals surface area contributed by atoms with Gasteiger partial charge in [0.25, 0.3) is 0 Å². The molecule has 128 valence electrons.